The summed E-state index contributed by atoms with van der Waals surface area (Å²) in [5, 5.41) is 3.38. The average Bonchev–Trinajstić information content (AvgIpc) is 2.46. The van der Waals surface area contributed by atoms with Gasteiger partial charge in [0.2, 0.25) is 0 Å². The molecule has 0 amide bonds. The molecule has 0 saturated heterocycles. The zero-order valence-corrected chi connectivity index (χ0v) is 16.0. The van der Waals surface area contributed by atoms with Crippen molar-refractivity contribution in [2.24, 2.45) is 5.92 Å². The molecule has 0 aliphatic carbocycles. The Morgan fingerprint density at radius 2 is 1.76 bits per heavy atom. The molecular weight excluding hydrogens is 324 g/mol. The summed E-state index contributed by atoms with van der Waals surface area (Å²) < 4.78 is 1.16. The zero-order chi connectivity index (χ0) is 16.0. The lowest BCUT2D eigenvalue weighted by molar-refractivity contribution is 0.503. The van der Waals surface area contributed by atoms with Crippen LogP contribution in [0.2, 0.25) is 0 Å². The van der Waals surface area contributed by atoms with Gasteiger partial charge in [-0.3, -0.25) is 0 Å². The van der Waals surface area contributed by atoms with Gasteiger partial charge in [0.25, 0.3) is 0 Å². The van der Waals surface area contributed by atoms with Gasteiger partial charge >= 0.3 is 0 Å². The van der Waals surface area contributed by atoms with Gasteiger partial charge < -0.3 is 10.2 Å². The smallest absolute Gasteiger partial charge is 0.0428 e. The van der Waals surface area contributed by atoms with Crippen molar-refractivity contribution in [1.29, 1.82) is 0 Å². The average molecular weight is 355 g/mol. The summed E-state index contributed by atoms with van der Waals surface area (Å²) in [6.45, 7) is 12.5. The van der Waals surface area contributed by atoms with E-state index in [0.29, 0.717) is 18.0 Å². The number of benzene rings is 1. The van der Waals surface area contributed by atoms with Crippen LogP contribution in [0.3, 0.4) is 0 Å². The van der Waals surface area contributed by atoms with Crippen molar-refractivity contribution in [3.8, 4) is 0 Å². The van der Waals surface area contributed by atoms with E-state index in [-0.39, 0.29) is 0 Å². The van der Waals surface area contributed by atoms with Crippen LogP contribution in [0.1, 0.15) is 59.1 Å². The van der Waals surface area contributed by atoms with Gasteiger partial charge in [-0.1, -0.05) is 49.7 Å². The minimum atomic E-state index is 0.358. The number of hydrogen-bond donors (Lipinski definition) is 1. The van der Waals surface area contributed by atoms with Crippen molar-refractivity contribution in [3.05, 3.63) is 28.2 Å². The summed E-state index contributed by atoms with van der Waals surface area (Å²) >= 11 is 3.65. The molecule has 1 N–H and O–H groups in total. The lowest BCUT2D eigenvalue weighted by atomic mass is 10.0. The SMILES string of the molecule is CCC(CC)N(CC(C)C)c1cc(Br)ccc1C(C)NC. The Bertz CT molecular complexity index is 427. The molecule has 1 unspecified atom stereocenters. The molecule has 1 atom stereocenters. The van der Waals surface area contributed by atoms with Gasteiger partial charge in [0, 0.05) is 28.8 Å². The number of hydrogen-bond acceptors (Lipinski definition) is 2. The van der Waals surface area contributed by atoms with Crippen molar-refractivity contribution in [2.45, 2.75) is 59.5 Å². The van der Waals surface area contributed by atoms with Crippen LogP contribution in [-0.2, 0) is 0 Å². The second-order valence-electron chi connectivity index (χ2n) is 6.23. The Hall–Kier alpha value is -0.540. The van der Waals surface area contributed by atoms with Crippen LogP contribution >= 0.6 is 15.9 Å². The molecule has 21 heavy (non-hydrogen) atoms. The predicted octanol–water partition coefficient (Wildman–Crippen LogP) is 5.38. The molecule has 120 valence electrons. The van der Waals surface area contributed by atoms with Crippen LogP contribution in [0.15, 0.2) is 22.7 Å². The molecule has 0 radical (unpaired) electrons. The fraction of sp³-hybridized carbons (Fsp3) is 0.667. The molecule has 0 saturated carbocycles. The maximum atomic E-state index is 3.65. The fourth-order valence-corrected chi connectivity index (χ4v) is 3.20. The van der Waals surface area contributed by atoms with E-state index in [1.807, 2.05) is 7.05 Å². The Kier molecular flexibility index (Phi) is 7.75. The van der Waals surface area contributed by atoms with Gasteiger partial charge in [-0.25, -0.2) is 0 Å². The van der Waals surface area contributed by atoms with Gasteiger partial charge in [-0.05, 0) is 50.4 Å². The number of halogens is 1. The Morgan fingerprint density at radius 1 is 1.14 bits per heavy atom. The molecule has 3 heteroatoms. The monoisotopic (exact) mass is 354 g/mol. The molecule has 0 aromatic heterocycles. The highest BCUT2D eigenvalue weighted by Gasteiger charge is 2.21. The lowest BCUT2D eigenvalue weighted by Crippen LogP contribution is -2.38. The maximum Gasteiger partial charge on any atom is 0.0428 e. The first kappa shape index (κ1) is 18.5. The number of nitrogens with zero attached hydrogens (tertiary/aromatic N) is 1. The molecule has 1 aromatic rings. The van der Waals surface area contributed by atoms with E-state index in [1.165, 1.54) is 24.1 Å². The highest BCUT2D eigenvalue weighted by atomic mass is 79.9. The van der Waals surface area contributed by atoms with E-state index < -0.39 is 0 Å². The van der Waals surface area contributed by atoms with E-state index in [0.717, 1.165) is 11.0 Å². The Labute approximate surface area is 139 Å². The molecule has 0 aliphatic rings. The largest absolute Gasteiger partial charge is 0.368 e. The summed E-state index contributed by atoms with van der Waals surface area (Å²) in [6.07, 6.45) is 2.37. The Balaban J connectivity index is 3.30. The summed E-state index contributed by atoms with van der Waals surface area (Å²) in [7, 11) is 2.03. The van der Waals surface area contributed by atoms with Crippen LogP contribution in [0.25, 0.3) is 0 Å². The van der Waals surface area contributed by atoms with E-state index in [9.17, 15) is 0 Å². The summed E-state index contributed by atoms with van der Waals surface area (Å²) in [4.78, 5) is 2.61. The standard InChI is InChI=1S/C18H31BrN2/c1-7-16(8-2)21(12-13(3)4)18-11-15(19)9-10-17(18)14(5)20-6/h9-11,13-14,16,20H,7-8,12H2,1-6H3. The first-order valence-corrected chi connectivity index (χ1v) is 8.97. The first-order chi connectivity index (χ1) is 9.94. The first-order valence-electron chi connectivity index (χ1n) is 8.17. The second-order valence-corrected chi connectivity index (χ2v) is 7.15. The molecule has 0 spiro atoms. The van der Waals surface area contributed by atoms with Crippen molar-refractivity contribution < 1.29 is 0 Å². The van der Waals surface area contributed by atoms with Crippen molar-refractivity contribution in [3.63, 3.8) is 0 Å². The maximum absolute atomic E-state index is 3.65. The van der Waals surface area contributed by atoms with E-state index in [1.54, 1.807) is 0 Å². The highest BCUT2D eigenvalue weighted by molar-refractivity contribution is 9.10. The quantitative estimate of drug-likeness (QED) is 0.673. The zero-order valence-electron chi connectivity index (χ0n) is 14.4. The minimum absolute atomic E-state index is 0.358. The number of nitrogens with one attached hydrogen (secondary N) is 1. The molecule has 0 aliphatic heterocycles. The van der Waals surface area contributed by atoms with Crippen molar-refractivity contribution >= 4 is 21.6 Å². The van der Waals surface area contributed by atoms with Crippen LogP contribution < -0.4 is 10.2 Å². The predicted molar refractivity (Wildman–Crippen MR) is 98.2 cm³/mol. The van der Waals surface area contributed by atoms with Crippen LogP contribution in [0.5, 0.6) is 0 Å². The van der Waals surface area contributed by atoms with Crippen molar-refractivity contribution in [2.75, 3.05) is 18.5 Å². The lowest BCUT2D eigenvalue weighted by Gasteiger charge is -2.36. The third kappa shape index (κ3) is 5.00. The molecule has 1 aromatic carbocycles. The van der Waals surface area contributed by atoms with Gasteiger partial charge in [-0.2, -0.15) is 0 Å². The molecule has 2 nitrogen and oxygen atoms in total. The summed E-state index contributed by atoms with van der Waals surface area (Å²) in [5.41, 5.74) is 2.75. The number of anilines is 1. The van der Waals surface area contributed by atoms with Crippen LogP contribution in [0, 0.1) is 5.92 Å². The van der Waals surface area contributed by atoms with Gasteiger partial charge in [0.15, 0.2) is 0 Å². The highest BCUT2D eigenvalue weighted by Crippen LogP contribution is 2.32. The molecule has 1 rings (SSSR count). The number of rotatable bonds is 8. The van der Waals surface area contributed by atoms with E-state index in [4.69, 9.17) is 0 Å². The van der Waals surface area contributed by atoms with Gasteiger partial charge in [-0.15, -0.1) is 0 Å². The Morgan fingerprint density at radius 3 is 2.24 bits per heavy atom. The van der Waals surface area contributed by atoms with Crippen LogP contribution in [0.4, 0.5) is 5.69 Å². The fourth-order valence-electron chi connectivity index (χ4n) is 2.85. The van der Waals surface area contributed by atoms with Crippen molar-refractivity contribution in [1.82, 2.24) is 5.32 Å². The van der Waals surface area contributed by atoms with E-state index >= 15 is 0 Å². The van der Waals surface area contributed by atoms with Crippen LogP contribution in [-0.4, -0.2) is 19.6 Å². The molecule has 0 heterocycles. The summed E-state index contributed by atoms with van der Waals surface area (Å²) in [5.74, 6) is 0.655. The summed E-state index contributed by atoms with van der Waals surface area (Å²) in [6, 6.07) is 7.63. The minimum Gasteiger partial charge on any atom is -0.368 e. The third-order valence-electron chi connectivity index (χ3n) is 4.15. The molecule has 0 fully saturated rings. The van der Waals surface area contributed by atoms with E-state index in [2.05, 4.69) is 79.0 Å². The molecule has 0 bridgehead atoms. The molecular formula is C18H31BrN2. The topological polar surface area (TPSA) is 15.3 Å². The third-order valence-corrected chi connectivity index (χ3v) is 4.64. The van der Waals surface area contributed by atoms with Gasteiger partial charge in [0.1, 0.15) is 0 Å². The van der Waals surface area contributed by atoms with Gasteiger partial charge in [0.05, 0.1) is 0 Å². The normalized spacial score (nSPS) is 13.0. The second kappa shape index (κ2) is 8.79.